The number of halogens is 1. The Balaban J connectivity index is 1.92. The molecule has 1 aromatic heterocycles. The molecule has 0 unspecified atom stereocenters. The van der Waals surface area contributed by atoms with Crippen LogP contribution in [-0.2, 0) is 4.79 Å². The Morgan fingerprint density at radius 3 is 2.63 bits per heavy atom. The third kappa shape index (κ3) is 3.44. The topological polar surface area (TPSA) is 79.3 Å². The first kappa shape index (κ1) is 13.8. The zero-order valence-electron chi connectivity index (χ0n) is 10.4. The molecule has 2 N–H and O–H groups in total. The number of carbonyl (C=O) groups is 2. The molecule has 6 heteroatoms. The van der Waals surface area contributed by atoms with Gasteiger partial charge in [-0.15, -0.1) is 0 Å². The summed E-state index contributed by atoms with van der Waals surface area (Å²) in [5, 5.41) is 12.1. The van der Waals surface area contributed by atoms with Crippen LogP contribution in [0, 0.1) is 5.41 Å². The summed E-state index contributed by atoms with van der Waals surface area (Å²) in [7, 11) is 0. The van der Waals surface area contributed by atoms with Crippen molar-refractivity contribution in [3.05, 3.63) is 29.0 Å². The molecule has 1 aliphatic carbocycles. The summed E-state index contributed by atoms with van der Waals surface area (Å²) < 4.78 is 0. The quantitative estimate of drug-likeness (QED) is 0.867. The molecule has 1 saturated carbocycles. The molecule has 0 aromatic carbocycles. The van der Waals surface area contributed by atoms with Crippen molar-refractivity contribution in [2.45, 2.75) is 25.7 Å². The molecule has 2 rings (SSSR count). The minimum atomic E-state index is -0.821. The predicted octanol–water partition coefficient (Wildman–Crippen LogP) is 2.11. The van der Waals surface area contributed by atoms with Crippen LogP contribution in [-0.4, -0.2) is 28.5 Å². The molecule has 1 heterocycles. The summed E-state index contributed by atoms with van der Waals surface area (Å²) in [5.74, 6) is -1.12. The van der Waals surface area contributed by atoms with Crippen LogP contribution in [0.2, 0.25) is 5.02 Å². The first-order valence-corrected chi connectivity index (χ1v) is 6.50. The molecule has 1 fully saturated rings. The first-order chi connectivity index (χ1) is 9.01. The minimum Gasteiger partial charge on any atom is -0.481 e. The second-order valence-corrected chi connectivity index (χ2v) is 5.40. The summed E-state index contributed by atoms with van der Waals surface area (Å²) in [6, 6.07) is 3.14. The largest absolute Gasteiger partial charge is 0.481 e. The molecule has 19 heavy (non-hydrogen) atoms. The molecule has 1 aromatic rings. The SMILES string of the molecule is O=C(O)CC1(CNC(=O)c2ccc(Cl)cn2)CCC1. The zero-order valence-corrected chi connectivity index (χ0v) is 11.1. The Morgan fingerprint density at radius 1 is 1.42 bits per heavy atom. The smallest absolute Gasteiger partial charge is 0.303 e. The van der Waals surface area contributed by atoms with Crippen molar-refractivity contribution in [3.8, 4) is 0 Å². The lowest BCUT2D eigenvalue weighted by molar-refractivity contribution is -0.141. The van der Waals surface area contributed by atoms with Gasteiger partial charge in [0.1, 0.15) is 5.69 Å². The van der Waals surface area contributed by atoms with Crippen LogP contribution in [0.4, 0.5) is 0 Å². The van der Waals surface area contributed by atoms with Crippen molar-refractivity contribution < 1.29 is 14.7 Å². The number of hydrogen-bond donors (Lipinski definition) is 2. The standard InChI is InChI=1S/C13H15ClN2O3/c14-9-2-3-10(15-7-9)12(19)16-8-13(4-1-5-13)6-11(17)18/h2-3,7H,1,4-6,8H2,(H,16,19)(H,17,18). The third-order valence-electron chi connectivity index (χ3n) is 3.52. The number of hydrogen-bond acceptors (Lipinski definition) is 3. The van der Waals surface area contributed by atoms with Gasteiger partial charge >= 0.3 is 5.97 Å². The molecule has 102 valence electrons. The zero-order chi connectivity index (χ0) is 13.9. The van der Waals surface area contributed by atoms with Crippen LogP contribution < -0.4 is 5.32 Å². The van der Waals surface area contributed by atoms with Gasteiger partial charge in [-0.1, -0.05) is 18.0 Å². The molecule has 0 bridgehead atoms. The van der Waals surface area contributed by atoms with Gasteiger partial charge in [-0.3, -0.25) is 9.59 Å². The summed E-state index contributed by atoms with van der Waals surface area (Å²) in [6.45, 7) is 0.377. The Morgan fingerprint density at radius 2 is 2.16 bits per heavy atom. The highest BCUT2D eigenvalue weighted by atomic mass is 35.5. The molecule has 0 atom stereocenters. The number of carboxylic acids is 1. The van der Waals surface area contributed by atoms with E-state index in [0.717, 1.165) is 19.3 Å². The highest BCUT2D eigenvalue weighted by Gasteiger charge is 2.39. The normalized spacial score (nSPS) is 16.5. The number of rotatable bonds is 5. The Hall–Kier alpha value is -1.62. The molecule has 1 amide bonds. The van der Waals surface area contributed by atoms with Crippen LogP contribution >= 0.6 is 11.6 Å². The van der Waals surface area contributed by atoms with Crippen LogP contribution in [0.1, 0.15) is 36.2 Å². The van der Waals surface area contributed by atoms with Crippen molar-refractivity contribution >= 4 is 23.5 Å². The van der Waals surface area contributed by atoms with Gasteiger partial charge < -0.3 is 10.4 Å². The maximum atomic E-state index is 11.9. The van der Waals surface area contributed by atoms with Crippen molar-refractivity contribution in [2.24, 2.45) is 5.41 Å². The van der Waals surface area contributed by atoms with E-state index < -0.39 is 5.97 Å². The third-order valence-corrected chi connectivity index (χ3v) is 3.75. The molecular formula is C13H15ClN2O3. The van der Waals surface area contributed by atoms with E-state index >= 15 is 0 Å². The number of nitrogens with one attached hydrogen (secondary N) is 1. The summed E-state index contributed by atoms with van der Waals surface area (Å²) in [4.78, 5) is 26.6. The van der Waals surface area contributed by atoms with Gasteiger partial charge in [-0.2, -0.15) is 0 Å². The molecule has 0 saturated heterocycles. The Kier molecular flexibility index (Phi) is 4.04. The fraction of sp³-hybridized carbons (Fsp3) is 0.462. The number of amides is 1. The van der Waals surface area contributed by atoms with Crippen LogP contribution in [0.25, 0.3) is 0 Å². The molecule has 0 radical (unpaired) electrons. The van der Waals surface area contributed by atoms with E-state index in [2.05, 4.69) is 10.3 Å². The van der Waals surface area contributed by atoms with Crippen molar-refractivity contribution in [2.75, 3.05) is 6.54 Å². The number of pyridine rings is 1. The van der Waals surface area contributed by atoms with Gasteiger partial charge in [0.25, 0.3) is 5.91 Å². The van der Waals surface area contributed by atoms with Gasteiger partial charge in [-0.25, -0.2) is 4.98 Å². The number of aromatic nitrogens is 1. The number of nitrogens with zero attached hydrogens (tertiary/aromatic N) is 1. The lowest BCUT2D eigenvalue weighted by atomic mass is 9.66. The second kappa shape index (κ2) is 5.57. The number of carbonyl (C=O) groups excluding carboxylic acids is 1. The van der Waals surface area contributed by atoms with Crippen molar-refractivity contribution in [3.63, 3.8) is 0 Å². The average Bonchev–Trinajstić information content (AvgIpc) is 2.32. The van der Waals surface area contributed by atoms with Gasteiger partial charge in [0.15, 0.2) is 0 Å². The fourth-order valence-corrected chi connectivity index (χ4v) is 2.39. The van der Waals surface area contributed by atoms with Crippen molar-refractivity contribution in [1.29, 1.82) is 0 Å². The van der Waals surface area contributed by atoms with Gasteiger partial charge in [0.2, 0.25) is 0 Å². The number of aliphatic carboxylic acids is 1. The molecule has 1 aliphatic rings. The van der Waals surface area contributed by atoms with E-state index in [-0.39, 0.29) is 23.4 Å². The molecule has 0 aliphatic heterocycles. The molecule has 5 nitrogen and oxygen atoms in total. The van der Waals surface area contributed by atoms with Crippen LogP contribution in [0.5, 0.6) is 0 Å². The Bertz CT molecular complexity index is 483. The Labute approximate surface area is 116 Å². The van der Waals surface area contributed by atoms with E-state index in [0.29, 0.717) is 11.6 Å². The van der Waals surface area contributed by atoms with E-state index in [1.807, 2.05) is 0 Å². The predicted molar refractivity (Wildman–Crippen MR) is 70.1 cm³/mol. The second-order valence-electron chi connectivity index (χ2n) is 4.97. The fourth-order valence-electron chi connectivity index (χ4n) is 2.28. The minimum absolute atomic E-state index is 0.0985. The molecule has 0 spiro atoms. The lowest BCUT2D eigenvalue weighted by Gasteiger charge is -2.40. The van der Waals surface area contributed by atoms with Gasteiger partial charge in [0.05, 0.1) is 11.4 Å². The van der Waals surface area contributed by atoms with Crippen molar-refractivity contribution in [1.82, 2.24) is 10.3 Å². The van der Waals surface area contributed by atoms with E-state index in [9.17, 15) is 9.59 Å². The van der Waals surface area contributed by atoms with E-state index in [1.165, 1.54) is 6.20 Å². The lowest BCUT2D eigenvalue weighted by Crippen LogP contribution is -2.43. The average molecular weight is 283 g/mol. The summed E-state index contributed by atoms with van der Waals surface area (Å²) in [5.41, 5.74) is 0.00248. The van der Waals surface area contributed by atoms with Crippen LogP contribution in [0.3, 0.4) is 0 Å². The van der Waals surface area contributed by atoms with E-state index in [4.69, 9.17) is 16.7 Å². The van der Waals surface area contributed by atoms with E-state index in [1.54, 1.807) is 12.1 Å². The van der Waals surface area contributed by atoms with Crippen LogP contribution in [0.15, 0.2) is 18.3 Å². The van der Waals surface area contributed by atoms with Gasteiger partial charge in [0, 0.05) is 12.7 Å². The highest BCUT2D eigenvalue weighted by molar-refractivity contribution is 6.30. The number of carboxylic acid groups (broad SMARTS) is 1. The first-order valence-electron chi connectivity index (χ1n) is 6.12. The molecular weight excluding hydrogens is 268 g/mol. The maximum absolute atomic E-state index is 11.9. The summed E-state index contributed by atoms with van der Waals surface area (Å²) >= 11 is 5.70. The monoisotopic (exact) mass is 282 g/mol. The summed E-state index contributed by atoms with van der Waals surface area (Å²) in [6.07, 6.45) is 4.21. The maximum Gasteiger partial charge on any atom is 0.303 e. The van der Waals surface area contributed by atoms with Gasteiger partial charge in [-0.05, 0) is 30.4 Å². The highest BCUT2D eigenvalue weighted by Crippen LogP contribution is 2.43.